The predicted molar refractivity (Wildman–Crippen MR) is 108 cm³/mol. The quantitative estimate of drug-likeness (QED) is 0.712. The zero-order valence-electron chi connectivity index (χ0n) is 15.3. The van der Waals surface area contributed by atoms with E-state index in [1.165, 1.54) is 6.26 Å². The van der Waals surface area contributed by atoms with Gasteiger partial charge in [0, 0.05) is 18.2 Å². The van der Waals surface area contributed by atoms with E-state index in [1.807, 2.05) is 24.3 Å². The van der Waals surface area contributed by atoms with Gasteiger partial charge in [-0.3, -0.25) is 4.99 Å². The lowest BCUT2D eigenvalue weighted by Gasteiger charge is -2.11. The number of aliphatic imine (C=N–C) groups is 1. The smallest absolute Gasteiger partial charge is 0.227 e. The number of anilines is 2. The second-order valence-electron chi connectivity index (χ2n) is 6.41. The number of hydrogen-bond acceptors (Lipinski definition) is 7. The normalized spacial score (nSPS) is 15.3. The van der Waals surface area contributed by atoms with Crippen LogP contribution in [0.1, 0.15) is 17.2 Å². The number of fused-ring (bicyclic) bond motifs is 1. The Hall–Kier alpha value is -3.26. The highest BCUT2D eigenvalue weighted by atomic mass is 32.2. The third-order valence-corrected chi connectivity index (χ3v) is 5.60. The van der Waals surface area contributed by atoms with Gasteiger partial charge < -0.3 is 10.1 Å². The molecule has 1 unspecified atom stereocenters. The van der Waals surface area contributed by atoms with Gasteiger partial charge in [0.05, 0.1) is 29.8 Å². The molecule has 28 heavy (non-hydrogen) atoms. The van der Waals surface area contributed by atoms with E-state index >= 15 is 0 Å². The summed E-state index contributed by atoms with van der Waals surface area (Å²) in [5.41, 5.74) is 3.24. The first-order valence-corrected chi connectivity index (χ1v) is 10.5. The Bertz CT molecular complexity index is 1140. The minimum atomic E-state index is -3.23. The molecule has 1 aliphatic rings. The fourth-order valence-electron chi connectivity index (χ4n) is 2.97. The number of benzene rings is 2. The minimum absolute atomic E-state index is 0.150. The van der Waals surface area contributed by atoms with Crippen molar-refractivity contribution in [2.45, 2.75) is 10.8 Å². The first-order valence-electron chi connectivity index (χ1n) is 8.56. The van der Waals surface area contributed by atoms with Gasteiger partial charge in [-0.15, -0.1) is 0 Å². The van der Waals surface area contributed by atoms with Crippen LogP contribution in [0.15, 0.2) is 64.6 Å². The third-order valence-electron chi connectivity index (χ3n) is 4.47. The van der Waals surface area contributed by atoms with Crippen molar-refractivity contribution in [1.82, 2.24) is 9.97 Å². The van der Waals surface area contributed by atoms with Crippen molar-refractivity contribution in [3.05, 3.63) is 66.0 Å². The van der Waals surface area contributed by atoms with E-state index in [4.69, 9.17) is 4.74 Å². The van der Waals surface area contributed by atoms with Crippen LogP contribution in [-0.4, -0.2) is 38.0 Å². The van der Waals surface area contributed by atoms with Crippen molar-refractivity contribution in [3.63, 3.8) is 0 Å². The molecule has 1 atom stereocenters. The van der Waals surface area contributed by atoms with Crippen molar-refractivity contribution in [3.8, 4) is 5.75 Å². The van der Waals surface area contributed by atoms with Crippen molar-refractivity contribution in [2.75, 3.05) is 18.7 Å². The Labute approximate surface area is 163 Å². The molecule has 0 fully saturated rings. The second-order valence-corrected chi connectivity index (χ2v) is 8.43. The zero-order chi connectivity index (χ0) is 19.7. The molecule has 4 rings (SSSR count). The van der Waals surface area contributed by atoms with Gasteiger partial charge in [-0.1, -0.05) is 12.1 Å². The van der Waals surface area contributed by atoms with Crippen LogP contribution in [0.3, 0.4) is 0 Å². The standard InChI is InChI=1S/C20H18N4O3S/c1-27-15-7-5-14(6-8-15)23-20-22-12-18-19(24-20)17(11-21-18)13-3-9-16(10-4-13)28(2,25)26/h3-12,17H,1-2H3,(H,22,23,24). The number of rotatable bonds is 5. The number of hydrogen-bond donors (Lipinski definition) is 1. The summed E-state index contributed by atoms with van der Waals surface area (Å²) in [6.07, 6.45) is 4.67. The highest BCUT2D eigenvalue weighted by Crippen LogP contribution is 2.35. The first-order chi connectivity index (χ1) is 13.4. The Morgan fingerprint density at radius 1 is 1.04 bits per heavy atom. The Balaban J connectivity index is 1.60. The molecule has 2 aromatic carbocycles. The summed E-state index contributed by atoms with van der Waals surface area (Å²) in [6, 6.07) is 14.3. The van der Waals surface area contributed by atoms with Gasteiger partial charge in [-0.05, 0) is 42.0 Å². The molecule has 0 bridgehead atoms. The maximum absolute atomic E-state index is 11.7. The Morgan fingerprint density at radius 3 is 2.39 bits per heavy atom. The molecule has 1 N–H and O–H groups in total. The van der Waals surface area contributed by atoms with Gasteiger partial charge in [0.1, 0.15) is 11.4 Å². The van der Waals surface area contributed by atoms with E-state index in [2.05, 4.69) is 20.3 Å². The predicted octanol–water partition coefficient (Wildman–Crippen LogP) is 3.48. The van der Waals surface area contributed by atoms with Crippen molar-refractivity contribution >= 4 is 33.4 Å². The first kappa shape index (κ1) is 18.1. The summed E-state index contributed by atoms with van der Waals surface area (Å²) >= 11 is 0. The second kappa shape index (κ2) is 7.05. The number of methoxy groups -OCH3 is 1. The topological polar surface area (TPSA) is 93.5 Å². The molecule has 0 aliphatic carbocycles. The van der Waals surface area contributed by atoms with Crippen LogP contribution in [0.25, 0.3) is 0 Å². The van der Waals surface area contributed by atoms with E-state index in [9.17, 15) is 8.42 Å². The minimum Gasteiger partial charge on any atom is -0.497 e. The van der Waals surface area contributed by atoms with E-state index in [0.29, 0.717) is 11.6 Å². The van der Waals surface area contributed by atoms with Crippen LogP contribution in [0, 0.1) is 0 Å². The largest absolute Gasteiger partial charge is 0.497 e. The highest BCUT2D eigenvalue weighted by molar-refractivity contribution is 7.90. The zero-order valence-corrected chi connectivity index (χ0v) is 16.1. The molecular formula is C20H18N4O3S. The van der Waals surface area contributed by atoms with E-state index in [-0.39, 0.29) is 10.8 Å². The molecule has 2 heterocycles. The van der Waals surface area contributed by atoms with E-state index in [0.717, 1.165) is 22.7 Å². The molecule has 0 spiro atoms. The molecule has 1 aromatic heterocycles. The molecule has 142 valence electrons. The molecule has 3 aromatic rings. The maximum atomic E-state index is 11.7. The Morgan fingerprint density at radius 2 is 1.75 bits per heavy atom. The lowest BCUT2D eigenvalue weighted by atomic mass is 9.98. The van der Waals surface area contributed by atoms with Crippen LogP contribution in [0.4, 0.5) is 17.3 Å². The van der Waals surface area contributed by atoms with Gasteiger partial charge in [0.2, 0.25) is 5.95 Å². The molecule has 0 radical (unpaired) electrons. The average Bonchev–Trinajstić information content (AvgIpc) is 3.11. The Kier molecular flexibility index (Phi) is 4.56. The van der Waals surface area contributed by atoms with E-state index in [1.54, 1.807) is 43.8 Å². The summed E-state index contributed by atoms with van der Waals surface area (Å²) in [4.78, 5) is 13.6. The third kappa shape index (κ3) is 3.59. The van der Waals surface area contributed by atoms with Crippen molar-refractivity contribution in [2.24, 2.45) is 4.99 Å². The number of nitrogens with zero attached hydrogens (tertiary/aromatic N) is 3. The lowest BCUT2D eigenvalue weighted by Crippen LogP contribution is -2.05. The van der Waals surface area contributed by atoms with Crippen molar-refractivity contribution in [1.29, 1.82) is 0 Å². The average molecular weight is 394 g/mol. The van der Waals surface area contributed by atoms with Gasteiger partial charge in [-0.25, -0.2) is 18.4 Å². The van der Waals surface area contributed by atoms with Gasteiger partial charge in [0.15, 0.2) is 9.84 Å². The lowest BCUT2D eigenvalue weighted by molar-refractivity contribution is 0.415. The molecular weight excluding hydrogens is 376 g/mol. The van der Waals surface area contributed by atoms with Gasteiger partial charge in [-0.2, -0.15) is 0 Å². The molecule has 0 saturated heterocycles. The van der Waals surface area contributed by atoms with E-state index < -0.39 is 9.84 Å². The molecule has 0 amide bonds. The van der Waals surface area contributed by atoms with Crippen LogP contribution >= 0.6 is 0 Å². The molecule has 1 aliphatic heterocycles. The SMILES string of the molecule is COc1ccc(Nc2ncc3c(n2)C(c2ccc(S(C)(=O)=O)cc2)C=N3)cc1. The molecule has 7 nitrogen and oxygen atoms in total. The summed E-state index contributed by atoms with van der Waals surface area (Å²) in [5.74, 6) is 1.08. The van der Waals surface area contributed by atoms with Gasteiger partial charge >= 0.3 is 0 Å². The maximum Gasteiger partial charge on any atom is 0.227 e. The summed E-state index contributed by atoms with van der Waals surface area (Å²) in [6.45, 7) is 0. The van der Waals surface area contributed by atoms with Gasteiger partial charge in [0.25, 0.3) is 0 Å². The van der Waals surface area contributed by atoms with Crippen LogP contribution in [0.2, 0.25) is 0 Å². The summed E-state index contributed by atoms with van der Waals surface area (Å²) < 4.78 is 28.5. The highest BCUT2D eigenvalue weighted by Gasteiger charge is 2.24. The van der Waals surface area contributed by atoms with Crippen LogP contribution in [-0.2, 0) is 9.84 Å². The van der Waals surface area contributed by atoms with Crippen LogP contribution in [0.5, 0.6) is 5.75 Å². The number of sulfone groups is 1. The monoisotopic (exact) mass is 394 g/mol. The molecule has 0 saturated carbocycles. The fraction of sp³-hybridized carbons (Fsp3) is 0.150. The number of nitrogens with one attached hydrogen (secondary N) is 1. The number of aromatic nitrogens is 2. The summed E-state index contributed by atoms with van der Waals surface area (Å²) in [7, 11) is -1.61. The van der Waals surface area contributed by atoms with Crippen molar-refractivity contribution < 1.29 is 13.2 Å². The van der Waals surface area contributed by atoms with Crippen LogP contribution < -0.4 is 10.1 Å². The summed E-state index contributed by atoms with van der Waals surface area (Å²) in [5, 5.41) is 3.17. The number of ether oxygens (including phenoxy) is 1. The fourth-order valence-corrected chi connectivity index (χ4v) is 3.60. The molecule has 8 heteroatoms.